The van der Waals surface area contributed by atoms with Gasteiger partial charge < -0.3 is 9.88 Å². The summed E-state index contributed by atoms with van der Waals surface area (Å²) >= 11 is 1.50. The third-order valence-corrected chi connectivity index (χ3v) is 6.21. The van der Waals surface area contributed by atoms with E-state index in [1.165, 1.54) is 23.7 Å². The molecule has 2 atom stereocenters. The average Bonchev–Trinajstić information content (AvgIpc) is 3.08. The lowest BCUT2D eigenvalue weighted by atomic mass is 9.92. The molecule has 1 aromatic carbocycles. The Hall–Kier alpha value is -2.34. The Kier molecular flexibility index (Phi) is 5.40. The number of nitrogens with zero attached hydrogens (tertiary/aromatic N) is 3. The first-order chi connectivity index (χ1) is 13.5. The molecule has 0 aliphatic carbocycles. The van der Waals surface area contributed by atoms with E-state index in [0.29, 0.717) is 17.6 Å². The number of aryl methyl sites for hydroxylation is 1. The summed E-state index contributed by atoms with van der Waals surface area (Å²) in [7, 11) is 0. The lowest BCUT2D eigenvalue weighted by Gasteiger charge is -2.35. The fraction of sp³-hybridized carbons (Fsp3) is 0.409. The number of H-pyrrole nitrogens is 1. The van der Waals surface area contributed by atoms with Crippen LogP contribution >= 0.6 is 11.8 Å². The highest BCUT2D eigenvalue weighted by Gasteiger charge is 2.25. The molecular formula is C22H26N4OS. The average molecular weight is 395 g/mol. The molecule has 1 aliphatic rings. The van der Waals surface area contributed by atoms with E-state index in [9.17, 15) is 4.79 Å². The molecule has 0 radical (unpaired) electrons. The molecule has 1 amide bonds. The summed E-state index contributed by atoms with van der Waals surface area (Å²) in [6.45, 7) is 8.25. The molecule has 1 saturated heterocycles. The summed E-state index contributed by atoms with van der Waals surface area (Å²) in [5.41, 5.74) is 4.09. The monoisotopic (exact) mass is 394 g/mol. The minimum absolute atomic E-state index is 0.195. The maximum absolute atomic E-state index is 12.7. The largest absolute Gasteiger partial charge is 0.341 e. The van der Waals surface area contributed by atoms with Crippen LogP contribution in [0.5, 0.6) is 0 Å². The zero-order valence-electron chi connectivity index (χ0n) is 16.6. The molecule has 4 rings (SSSR count). The van der Waals surface area contributed by atoms with Crippen molar-refractivity contribution in [1.29, 1.82) is 0 Å². The van der Waals surface area contributed by atoms with Gasteiger partial charge in [0.05, 0.1) is 16.8 Å². The Morgan fingerprint density at radius 3 is 2.82 bits per heavy atom. The van der Waals surface area contributed by atoms with Crippen molar-refractivity contribution in [2.45, 2.75) is 32.2 Å². The van der Waals surface area contributed by atoms with E-state index >= 15 is 0 Å². The molecule has 6 heteroatoms. The van der Waals surface area contributed by atoms with Crippen molar-refractivity contribution in [2.24, 2.45) is 11.8 Å². The van der Waals surface area contributed by atoms with Crippen LogP contribution < -0.4 is 0 Å². The predicted molar refractivity (Wildman–Crippen MR) is 114 cm³/mol. The van der Waals surface area contributed by atoms with E-state index in [-0.39, 0.29) is 5.91 Å². The van der Waals surface area contributed by atoms with E-state index in [0.717, 1.165) is 40.5 Å². The lowest BCUT2D eigenvalue weighted by molar-refractivity contribution is -0.130. The summed E-state index contributed by atoms with van der Waals surface area (Å²) in [5.74, 6) is 2.54. The number of thioether (sulfide) groups is 1. The Morgan fingerprint density at radius 2 is 2.04 bits per heavy atom. The van der Waals surface area contributed by atoms with Gasteiger partial charge in [-0.2, -0.15) is 0 Å². The molecule has 28 heavy (non-hydrogen) atoms. The summed E-state index contributed by atoms with van der Waals surface area (Å²) in [6.07, 6.45) is 2.97. The molecule has 0 bridgehead atoms. The molecular weight excluding hydrogens is 368 g/mol. The number of rotatable bonds is 4. The fourth-order valence-corrected chi connectivity index (χ4v) is 4.92. The molecule has 3 aromatic rings. The van der Waals surface area contributed by atoms with Gasteiger partial charge in [-0.05, 0) is 55.0 Å². The van der Waals surface area contributed by atoms with E-state index in [2.05, 4.69) is 42.9 Å². The molecule has 1 N–H and O–H groups in total. The number of nitrogens with one attached hydrogen (secondary N) is 1. The Balaban J connectivity index is 1.52. The number of imidazole rings is 1. The number of carbonyl (C=O) groups excluding carboxylic acids is 1. The molecule has 5 nitrogen and oxygen atoms in total. The van der Waals surface area contributed by atoms with Gasteiger partial charge in [-0.25, -0.2) is 9.97 Å². The number of amides is 1. The summed E-state index contributed by atoms with van der Waals surface area (Å²) in [4.78, 5) is 27.4. The zero-order valence-corrected chi connectivity index (χ0v) is 17.4. The first-order valence-corrected chi connectivity index (χ1v) is 10.8. The van der Waals surface area contributed by atoms with E-state index < -0.39 is 0 Å². The topological polar surface area (TPSA) is 61.9 Å². The number of hydrogen-bond acceptors (Lipinski definition) is 4. The standard InChI is InChI=1S/C22H26N4OS/c1-14-6-7-18-19(10-14)25-21(24-18)17-5-4-8-23-22(17)28-13-20(27)26-11-15(2)9-16(3)12-26/h4-8,10,15-16H,9,11-13H2,1-3H3,(H,24,25). The first kappa shape index (κ1) is 19.0. The Labute approximate surface area is 170 Å². The SMILES string of the molecule is Cc1ccc2nc(-c3cccnc3SCC(=O)N3CC(C)CC(C)C3)[nH]c2c1. The predicted octanol–water partition coefficient (Wildman–Crippen LogP) is 4.53. The van der Waals surface area contributed by atoms with Crippen molar-refractivity contribution in [3.05, 3.63) is 42.1 Å². The second-order valence-electron chi connectivity index (χ2n) is 8.00. The molecule has 0 spiro atoms. The maximum Gasteiger partial charge on any atom is 0.233 e. The zero-order chi connectivity index (χ0) is 19.7. The second kappa shape index (κ2) is 7.95. The van der Waals surface area contributed by atoms with Gasteiger partial charge in [0.25, 0.3) is 0 Å². The van der Waals surface area contributed by atoms with Gasteiger partial charge in [-0.3, -0.25) is 4.79 Å². The van der Waals surface area contributed by atoms with Gasteiger partial charge in [0.15, 0.2) is 0 Å². The van der Waals surface area contributed by atoms with Gasteiger partial charge >= 0.3 is 0 Å². The number of aromatic amines is 1. The second-order valence-corrected chi connectivity index (χ2v) is 8.96. The van der Waals surface area contributed by atoms with Crippen molar-refractivity contribution in [1.82, 2.24) is 19.9 Å². The van der Waals surface area contributed by atoms with Crippen LogP contribution in [0.3, 0.4) is 0 Å². The summed E-state index contributed by atoms with van der Waals surface area (Å²) < 4.78 is 0. The molecule has 2 unspecified atom stereocenters. The van der Waals surface area contributed by atoms with Crippen molar-refractivity contribution in [2.75, 3.05) is 18.8 Å². The van der Waals surface area contributed by atoms with E-state index in [1.807, 2.05) is 23.1 Å². The first-order valence-electron chi connectivity index (χ1n) is 9.82. The number of piperidine rings is 1. The number of fused-ring (bicyclic) bond motifs is 1. The van der Waals surface area contributed by atoms with Gasteiger partial charge in [0.1, 0.15) is 10.9 Å². The lowest BCUT2D eigenvalue weighted by Crippen LogP contribution is -2.43. The van der Waals surface area contributed by atoms with Crippen LogP contribution in [-0.4, -0.2) is 44.6 Å². The summed E-state index contributed by atoms with van der Waals surface area (Å²) in [5, 5.41) is 0.838. The van der Waals surface area contributed by atoms with Crippen molar-refractivity contribution >= 4 is 28.7 Å². The molecule has 146 valence electrons. The van der Waals surface area contributed by atoms with Crippen LogP contribution in [0.2, 0.25) is 0 Å². The van der Waals surface area contributed by atoms with Gasteiger partial charge in [0, 0.05) is 24.8 Å². The van der Waals surface area contributed by atoms with Crippen LogP contribution in [0, 0.1) is 18.8 Å². The third kappa shape index (κ3) is 4.07. The number of aromatic nitrogens is 3. The van der Waals surface area contributed by atoms with Gasteiger partial charge in [0.2, 0.25) is 5.91 Å². The number of carbonyl (C=O) groups is 1. The van der Waals surface area contributed by atoms with E-state index in [1.54, 1.807) is 6.20 Å². The molecule has 1 aliphatic heterocycles. The van der Waals surface area contributed by atoms with E-state index in [4.69, 9.17) is 4.98 Å². The Bertz CT molecular complexity index is 989. The minimum Gasteiger partial charge on any atom is -0.341 e. The Morgan fingerprint density at radius 1 is 1.25 bits per heavy atom. The van der Waals surface area contributed by atoms with Crippen LogP contribution in [0.25, 0.3) is 22.4 Å². The van der Waals surface area contributed by atoms with Crippen molar-refractivity contribution in [3.8, 4) is 11.4 Å². The normalized spacial score (nSPS) is 19.9. The number of pyridine rings is 1. The van der Waals surface area contributed by atoms with Gasteiger partial charge in [-0.1, -0.05) is 31.7 Å². The quantitative estimate of drug-likeness (QED) is 0.661. The van der Waals surface area contributed by atoms with Crippen molar-refractivity contribution < 1.29 is 4.79 Å². The van der Waals surface area contributed by atoms with Crippen LogP contribution in [0.15, 0.2) is 41.6 Å². The molecule has 3 heterocycles. The number of benzene rings is 1. The number of likely N-dealkylation sites (tertiary alicyclic amines) is 1. The smallest absolute Gasteiger partial charge is 0.233 e. The number of hydrogen-bond donors (Lipinski definition) is 1. The molecule has 0 saturated carbocycles. The van der Waals surface area contributed by atoms with Crippen molar-refractivity contribution in [3.63, 3.8) is 0 Å². The molecule has 2 aromatic heterocycles. The van der Waals surface area contributed by atoms with Crippen LogP contribution in [0.4, 0.5) is 0 Å². The summed E-state index contributed by atoms with van der Waals surface area (Å²) in [6, 6.07) is 10.1. The van der Waals surface area contributed by atoms with Crippen LogP contribution in [-0.2, 0) is 4.79 Å². The van der Waals surface area contributed by atoms with Crippen LogP contribution in [0.1, 0.15) is 25.8 Å². The highest BCUT2D eigenvalue weighted by Crippen LogP contribution is 2.30. The third-order valence-electron chi connectivity index (χ3n) is 5.22. The van der Waals surface area contributed by atoms with Gasteiger partial charge in [-0.15, -0.1) is 0 Å². The highest BCUT2D eigenvalue weighted by molar-refractivity contribution is 8.00. The minimum atomic E-state index is 0.195. The maximum atomic E-state index is 12.7. The highest BCUT2D eigenvalue weighted by atomic mass is 32.2. The molecule has 1 fully saturated rings. The fourth-order valence-electron chi connectivity index (χ4n) is 4.03.